The lowest BCUT2D eigenvalue weighted by Crippen LogP contribution is -2.39. The molecule has 19 heavy (non-hydrogen) atoms. The Bertz CT molecular complexity index is 468. The number of urea groups is 1. The van der Waals surface area contributed by atoms with Crippen LogP contribution in [0.15, 0.2) is 18.2 Å². The highest BCUT2D eigenvalue weighted by Gasteiger charge is 2.08. The molecule has 104 valence electrons. The average molecular weight is 288 g/mol. The van der Waals surface area contributed by atoms with E-state index < -0.39 is 11.8 Å². The Morgan fingerprint density at radius 3 is 2.68 bits per heavy atom. The molecule has 0 aromatic heterocycles. The highest BCUT2D eigenvalue weighted by atomic mass is 35.5. The van der Waals surface area contributed by atoms with Crippen LogP contribution < -0.4 is 16.0 Å². The van der Waals surface area contributed by atoms with Gasteiger partial charge < -0.3 is 16.0 Å². The third-order valence-corrected chi connectivity index (χ3v) is 2.40. The minimum absolute atomic E-state index is 0.00383. The first-order valence-electron chi connectivity index (χ1n) is 5.79. The molecule has 0 saturated carbocycles. The van der Waals surface area contributed by atoms with Crippen LogP contribution in [-0.2, 0) is 4.79 Å². The number of rotatable bonds is 5. The molecular weight excluding hydrogens is 273 g/mol. The minimum Gasteiger partial charge on any atom is -0.355 e. The van der Waals surface area contributed by atoms with Crippen LogP contribution in [-0.4, -0.2) is 25.0 Å². The van der Waals surface area contributed by atoms with Crippen molar-refractivity contribution in [1.82, 2.24) is 10.6 Å². The summed E-state index contributed by atoms with van der Waals surface area (Å²) in [5, 5.41) is 7.44. The lowest BCUT2D eigenvalue weighted by molar-refractivity contribution is -0.120. The quantitative estimate of drug-likeness (QED) is 0.776. The molecule has 0 bridgehead atoms. The van der Waals surface area contributed by atoms with E-state index in [0.717, 1.165) is 12.5 Å². The molecule has 0 radical (unpaired) electrons. The van der Waals surface area contributed by atoms with Gasteiger partial charge in [-0.05, 0) is 24.6 Å². The van der Waals surface area contributed by atoms with E-state index in [4.69, 9.17) is 11.6 Å². The maximum absolute atomic E-state index is 13.4. The van der Waals surface area contributed by atoms with Gasteiger partial charge in [0.05, 0.1) is 12.2 Å². The number of carbonyl (C=O) groups is 2. The van der Waals surface area contributed by atoms with Crippen molar-refractivity contribution in [2.75, 3.05) is 18.4 Å². The number of carbonyl (C=O) groups excluding carboxylic acids is 2. The fourth-order valence-electron chi connectivity index (χ4n) is 1.24. The summed E-state index contributed by atoms with van der Waals surface area (Å²) in [6.07, 6.45) is 0.813. The van der Waals surface area contributed by atoms with Crippen molar-refractivity contribution in [2.24, 2.45) is 0 Å². The van der Waals surface area contributed by atoms with Gasteiger partial charge >= 0.3 is 6.03 Å². The Morgan fingerprint density at radius 1 is 1.32 bits per heavy atom. The summed E-state index contributed by atoms with van der Waals surface area (Å²) in [5.74, 6) is -0.938. The SMILES string of the molecule is CCCNC(=O)CNC(=O)Nc1ccc(Cl)cc1F. The number of nitrogens with one attached hydrogen (secondary N) is 3. The fraction of sp³-hybridized carbons (Fsp3) is 0.333. The van der Waals surface area contributed by atoms with E-state index >= 15 is 0 Å². The number of hydrogen-bond acceptors (Lipinski definition) is 2. The molecule has 0 aliphatic rings. The van der Waals surface area contributed by atoms with Gasteiger partial charge in [-0.25, -0.2) is 9.18 Å². The third-order valence-electron chi connectivity index (χ3n) is 2.16. The van der Waals surface area contributed by atoms with Crippen molar-refractivity contribution in [3.05, 3.63) is 29.0 Å². The summed E-state index contributed by atoms with van der Waals surface area (Å²) < 4.78 is 13.4. The second-order valence-electron chi connectivity index (χ2n) is 3.78. The van der Waals surface area contributed by atoms with Gasteiger partial charge in [0.25, 0.3) is 0 Å². The third kappa shape index (κ3) is 5.56. The topological polar surface area (TPSA) is 70.2 Å². The summed E-state index contributed by atoms with van der Waals surface area (Å²) in [6.45, 7) is 2.30. The molecule has 0 heterocycles. The molecule has 3 amide bonds. The number of hydrogen-bond donors (Lipinski definition) is 3. The molecule has 0 fully saturated rings. The fourth-order valence-corrected chi connectivity index (χ4v) is 1.40. The highest BCUT2D eigenvalue weighted by molar-refractivity contribution is 6.30. The average Bonchev–Trinajstić information content (AvgIpc) is 2.37. The number of benzene rings is 1. The van der Waals surface area contributed by atoms with E-state index in [0.29, 0.717) is 6.54 Å². The minimum atomic E-state index is -0.659. The standard InChI is InChI=1S/C12H15ClFN3O2/c1-2-5-15-11(18)7-16-12(19)17-10-4-3-8(13)6-9(10)14/h3-4,6H,2,5,7H2,1H3,(H,15,18)(H2,16,17,19). The summed E-state index contributed by atoms with van der Waals surface area (Å²) in [4.78, 5) is 22.7. The van der Waals surface area contributed by atoms with Crippen LogP contribution in [0.4, 0.5) is 14.9 Å². The molecule has 0 atom stereocenters. The van der Waals surface area contributed by atoms with Crippen molar-refractivity contribution in [1.29, 1.82) is 0 Å². The molecule has 1 aromatic carbocycles. The van der Waals surface area contributed by atoms with Crippen molar-refractivity contribution >= 4 is 29.2 Å². The van der Waals surface area contributed by atoms with Crippen LogP contribution in [0.2, 0.25) is 5.02 Å². The van der Waals surface area contributed by atoms with Gasteiger partial charge in [-0.15, -0.1) is 0 Å². The Balaban J connectivity index is 2.41. The number of halogens is 2. The predicted molar refractivity (Wildman–Crippen MR) is 71.7 cm³/mol. The molecule has 1 rings (SSSR count). The van der Waals surface area contributed by atoms with Gasteiger partial charge in [0.2, 0.25) is 5.91 Å². The maximum atomic E-state index is 13.4. The van der Waals surface area contributed by atoms with Crippen LogP contribution in [0.25, 0.3) is 0 Å². The Morgan fingerprint density at radius 2 is 2.05 bits per heavy atom. The molecule has 5 nitrogen and oxygen atoms in total. The first-order valence-corrected chi connectivity index (χ1v) is 6.17. The molecule has 0 spiro atoms. The number of anilines is 1. The van der Waals surface area contributed by atoms with Gasteiger partial charge in [0, 0.05) is 11.6 Å². The molecule has 0 unspecified atom stereocenters. The Hall–Kier alpha value is -1.82. The van der Waals surface area contributed by atoms with Crippen LogP contribution in [0, 0.1) is 5.82 Å². The second-order valence-corrected chi connectivity index (χ2v) is 4.22. The first-order chi connectivity index (χ1) is 9.02. The normalized spacial score (nSPS) is 9.84. The summed E-state index contributed by atoms with van der Waals surface area (Å²) in [7, 11) is 0. The van der Waals surface area contributed by atoms with E-state index in [-0.39, 0.29) is 23.2 Å². The van der Waals surface area contributed by atoms with Crippen LogP contribution >= 0.6 is 11.6 Å². The van der Waals surface area contributed by atoms with Gasteiger partial charge in [-0.3, -0.25) is 4.79 Å². The molecule has 0 saturated heterocycles. The molecule has 0 aliphatic carbocycles. The Labute approximate surface area is 115 Å². The summed E-state index contributed by atoms with van der Waals surface area (Å²) in [5.41, 5.74) is -0.00383. The lowest BCUT2D eigenvalue weighted by atomic mass is 10.3. The molecular formula is C12H15ClFN3O2. The van der Waals surface area contributed by atoms with E-state index in [1.807, 2.05) is 6.92 Å². The predicted octanol–water partition coefficient (Wildman–Crippen LogP) is 2.13. The van der Waals surface area contributed by atoms with Crippen LogP contribution in [0.3, 0.4) is 0 Å². The van der Waals surface area contributed by atoms with Crippen molar-refractivity contribution in [3.63, 3.8) is 0 Å². The maximum Gasteiger partial charge on any atom is 0.319 e. The van der Waals surface area contributed by atoms with E-state index in [9.17, 15) is 14.0 Å². The molecule has 1 aromatic rings. The zero-order valence-electron chi connectivity index (χ0n) is 10.4. The van der Waals surface area contributed by atoms with Crippen molar-refractivity contribution in [3.8, 4) is 0 Å². The van der Waals surface area contributed by atoms with Crippen LogP contribution in [0.5, 0.6) is 0 Å². The first kappa shape index (κ1) is 15.2. The Kier molecular flexibility index (Phi) is 6.08. The van der Waals surface area contributed by atoms with E-state index in [1.165, 1.54) is 12.1 Å². The van der Waals surface area contributed by atoms with Gasteiger partial charge in [0.15, 0.2) is 0 Å². The van der Waals surface area contributed by atoms with Gasteiger partial charge in [-0.2, -0.15) is 0 Å². The van der Waals surface area contributed by atoms with E-state index in [2.05, 4.69) is 16.0 Å². The molecule has 7 heteroatoms. The van der Waals surface area contributed by atoms with Gasteiger partial charge in [0.1, 0.15) is 5.82 Å². The van der Waals surface area contributed by atoms with Gasteiger partial charge in [-0.1, -0.05) is 18.5 Å². The smallest absolute Gasteiger partial charge is 0.319 e. The summed E-state index contributed by atoms with van der Waals surface area (Å²) >= 11 is 5.58. The zero-order chi connectivity index (χ0) is 14.3. The van der Waals surface area contributed by atoms with Crippen molar-refractivity contribution < 1.29 is 14.0 Å². The zero-order valence-corrected chi connectivity index (χ0v) is 11.2. The largest absolute Gasteiger partial charge is 0.355 e. The van der Waals surface area contributed by atoms with Crippen molar-refractivity contribution in [2.45, 2.75) is 13.3 Å². The summed E-state index contributed by atoms with van der Waals surface area (Å²) in [6, 6.07) is 3.22. The second kappa shape index (κ2) is 7.58. The van der Waals surface area contributed by atoms with E-state index in [1.54, 1.807) is 0 Å². The highest BCUT2D eigenvalue weighted by Crippen LogP contribution is 2.18. The molecule has 0 aliphatic heterocycles. The lowest BCUT2D eigenvalue weighted by Gasteiger charge is -2.08. The number of amides is 3. The monoisotopic (exact) mass is 287 g/mol. The van der Waals surface area contributed by atoms with Crippen LogP contribution in [0.1, 0.15) is 13.3 Å². The molecule has 3 N–H and O–H groups in total.